The molecule has 0 amide bonds. The standard InChI is InChI=1S/C11H15N5S/c1-8(10(12)17)7-15(2)11-9-3-4-14-16(9)6-5-13-11/h3-6,8H,7H2,1-2H3,(H2,12,17). The topological polar surface area (TPSA) is 59.5 Å². The lowest BCUT2D eigenvalue weighted by atomic mass is 10.2. The van der Waals surface area contributed by atoms with Crippen LogP contribution in [0.2, 0.25) is 0 Å². The molecule has 2 rings (SSSR count). The van der Waals surface area contributed by atoms with E-state index in [0.29, 0.717) is 4.99 Å². The maximum absolute atomic E-state index is 5.62. The number of aromatic nitrogens is 3. The van der Waals surface area contributed by atoms with Gasteiger partial charge in [-0.3, -0.25) is 0 Å². The van der Waals surface area contributed by atoms with Crippen LogP contribution in [0, 0.1) is 5.92 Å². The second-order valence-corrected chi connectivity index (χ2v) is 4.57. The Morgan fingerprint density at radius 3 is 3.06 bits per heavy atom. The van der Waals surface area contributed by atoms with Gasteiger partial charge in [0, 0.05) is 31.9 Å². The van der Waals surface area contributed by atoms with E-state index < -0.39 is 0 Å². The van der Waals surface area contributed by atoms with Crippen molar-refractivity contribution in [1.82, 2.24) is 14.6 Å². The number of fused-ring (bicyclic) bond motifs is 1. The van der Waals surface area contributed by atoms with E-state index in [1.807, 2.05) is 31.1 Å². The molecule has 0 aliphatic rings. The molecule has 0 saturated carbocycles. The Kier molecular flexibility index (Phi) is 3.23. The maximum atomic E-state index is 5.62. The summed E-state index contributed by atoms with van der Waals surface area (Å²) in [6.45, 7) is 2.75. The number of nitrogens with two attached hydrogens (primary N) is 1. The maximum Gasteiger partial charge on any atom is 0.154 e. The Hall–Kier alpha value is -1.69. The first-order valence-electron chi connectivity index (χ1n) is 5.38. The molecule has 0 fully saturated rings. The van der Waals surface area contributed by atoms with Crippen LogP contribution in [-0.4, -0.2) is 33.2 Å². The molecule has 90 valence electrons. The third-order valence-electron chi connectivity index (χ3n) is 2.70. The van der Waals surface area contributed by atoms with Crippen LogP contribution in [0.1, 0.15) is 6.92 Å². The van der Waals surface area contributed by atoms with Crippen molar-refractivity contribution in [2.45, 2.75) is 6.92 Å². The molecule has 1 atom stereocenters. The van der Waals surface area contributed by atoms with Gasteiger partial charge in [0.05, 0.1) is 11.2 Å². The van der Waals surface area contributed by atoms with Gasteiger partial charge in [0.15, 0.2) is 5.82 Å². The van der Waals surface area contributed by atoms with E-state index in [2.05, 4.69) is 10.1 Å². The fraction of sp³-hybridized carbons (Fsp3) is 0.364. The Labute approximate surface area is 105 Å². The van der Waals surface area contributed by atoms with Gasteiger partial charge in [-0.2, -0.15) is 5.10 Å². The van der Waals surface area contributed by atoms with Crippen molar-refractivity contribution >= 4 is 28.5 Å². The molecule has 2 N–H and O–H groups in total. The summed E-state index contributed by atoms with van der Waals surface area (Å²) in [7, 11) is 1.98. The monoisotopic (exact) mass is 249 g/mol. The fourth-order valence-corrected chi connectivity index (χ4v) is 1.80. The van der Waals surface area contributed by atoms with Gasteiger partial charge < -0.3 is 10.6 Å². The van der Waals surface area contributed by atoms with Crippen molar-refractivity contribution in [2.24, 2.45) is 11.7 Å². The molecule has 0 saturated heterocycles. The van der Waals surface area contributed by atoms with Gasteiger partial charge in [0.1, 0.15) is 5.52 Å². The molecule has 0 spiro atoms. The molecule has 0 aromatic carbocycles. The number of rotatable bonds is 4. The van der Waals surface area contributed by atoms with Crippen LogP contribution in [0.15, 0.2) is 24.7 Å². The third kappa shape index (κ3) is 2.36. The molecule has 2 aromatic rings. The van der Waals surface area contributed by atoms with Gasteiger partial charge >= 0.3 is 0 Å². The summed E-state index contributed by atoms with van der Waals surface area (Å²) in [5, 5.41) is 4.18. The molecule has 1 unspecified atom stereocenters. The second kappa shape index (κ2) is 4.67. The van der Waals surface area contributed by atoms with Gasteiger partial charge in [-0.05, 0) is 6.07 Å². The van der Waals surface area contributed by atoms with Crippen LogP contribution in [-0.2, 0) is 0 Å². The fourth-order valence-electron chi connectivity index (χ4n) is 1.72. The SMILES string of the molecule is CC(CN(C)c1nccn2nccc12)C(N)=S. The van der Waals surface area contributed by atoms with Gasteiger partial charge in [-0.25, -0.2) is 9.50 Å². The molecule has 2 aromatic heterocycles. The highest BCUT2D eigenvalue weighted by Gasteiger charge is 2.13. The van der Waals surface area contributed by atoms with Crippen LogP contribution in [0.3, 0.4) is 0 Å². The minimum absolute atomic E-state index is 0.153. The van der Waals surface area contributed by atoms with Gasteiger partial charge in [0.2, 0.25) is 0 Å². The molecule has 0 bridgehead atoms. The van der Waals surface area contributed by atoms with Gasteiger partial charge in [-0.1, -0.05) is 19.1 Å². The number of hydrogen-bond donors (Lipinski definition) is 1. The highest BCUT2D eigenvalue weighted by molar-refractivity contribution is 7.80. The quantitative estimate of drug-likeness (QED) is 0.822. The molecule has 0 aliphatic carbocycles. The largest absolute Gasteiger partial charge is 0.393 e. The third-order valence-corrected chi connectivity index (χ3v) is 3.10. The summed E-state index contributed by atoms with van der Waals surface area (Å²) >= 11 is 4.98. The van der Waals surface area contributed by atoms with E-state index in [0.717, 1.165) is 17.9 Å². The van der Waals surface area contributed by atoms with Crippen molar-refractivity contribution in [3.63, 3.8) is 0 Å². The Bertz CT molecular complexity index is 535. The summed E-state index contributed by atoms with van der Waals surface area (Å²) < 4.78 is 1.80. The van der Waals surface area contributed by atoms with Crippen LogP contribution in [0.4, 0.5) is 5.82 Å². The molecule has 2 heterocycles. The van der Waals surface area contributed by atoms with Crippen molar-refractivity contribution in [2.75, 3.05) is 18.5 Å². The van der Waals surface area contributed by atoms with Crippen molar-refractivity contribution in [3.05, 3.63) is 24.7 Å². The Morgan fingerprint density at radius 2 is 2.35 bits per heavy atom. The van der Waals surface area contributed by atoms with Crippen LogP contribution in [0.25, 0.3) is 5.52 Å². The summed E-state index contributed by atoms with van der Waals surface area (Å²) in [6, 6.07) is 1.93. The van der Waals surface area contributed by atoms with Crippen molar-refractivity contribution in [1.29, 1.82) is 0 Å². The molecular weight excluding hydrogens is 234 g/mol. The molecule has 0 aliphatic heterocycles. The van der Waals surface area contributed by atoms with E-state index in [4.69, 9.17) is 18.0 Å². The van der Waals surface area contributed by atoms with Crippen LogP contribution < -0.4 is 10.6 Å². The van der Waals surface area contributed by atoms with E-state index in [9.17, 15) is 0 Å². The minimum atomic E-state index is 0.153. The summed E-state index contributed by atoms with van der Waals surface area (Å²) in [5.74, 6) is 1.04. The lowest BCUT2D eigenvalue weighted by Gasteiger charge is -2.22. The first-order chi connectivity index (χ1) is 8.09. The molecule has 0 radical (unpaired) electrons. The average Bonchev–Trinajstić information content (AvgIpc) is 2.76. The highest BCUT2D eigenvalue weighted by Crippen LogP contribution is 2.17. The molecule has 5 nitrogen and oxygen atoms in total. The van der Waals surface area contributed by atoms with Gasteiger partial charge in [0.25, 0.3) is 0 Å². The van der Waals surface area contributed by atoms with E-state index in [1.54, 1.807) is 16.9 Å². The first kappa shape index (κ1) is 11.8. The predicted molar refractivity (Wildman–Crippen MR) is 72.2 cm³/mol. The number of nitrogens with zero attached hydrogens (tertiary/aromatic N) is 4. The average molecular weight is 249 g/mol. The number of thiocarbonyl (C=S) groups is 1. The lowest BCUT2D eigenvalue weighted by Crippen LogP contribution is -2.32. The Morgan fingerprint density at radius 1 is 1.59 bits per heavy atom. The molecular formula is C11H15N5S. The predicted octanol–water partition coefficient (Wildman–Crippen LogP) is 1.09. The van der Waals surface area contributed by atoms with Crippen LogP contribution >= 0.6 is 12.2 Å². The van der Waals surface area contributed by atoms with Crippen molar-refractivity contribution < 1.29 is 0 Å². The van der Waals surface area contributed by atoms with Crippen molar-refractivity contribution in [3.8, 4) is 0 Å². The molecule has 6 heteroatoms. The van der Waals surface area contributed by atoms with Gasteiger partial charge in [-0.15, -0.1) is 0 Å². The lowest BCUT2D eigenvalue weighted by molar-refractivity contribution is 0.734. The zero-order chi connectivity index (χ0) is 12.4. The smallest absolute Gasteiger partial charge is 0.154 e. The Balaban J connectivity index is 2.27. The summed E-state index contributed by atoms with van der Waals surface area (Å²) in [4.78, 5) is 6.94. The zero-order valence-electron chi connectivity index (χ0n) is 9.87. The summed E-state index contributed by atoms with van der Waals surface area (Å²) in [5.41, 5.74) is 6.60. The summed E-state index contributed by atoms with van der Waals surface area (Å²) in [6.07, 6.45) is 5.31. The van der Waals surface area contributed by atoms with E-state index in [1.165, 1.54) is 0 Å². The van der Waals surface area contributed by atoms with E-state index >= 15 is 0 Å². The highest BCUT2D eigenvalue weighted by atomic mass is 32.1. The van der Waals surface area contributed by atoms with Crippen LogP contribution in [0.5, 0.6) is 0 Å². The molecule has 17 heavy (non-hydrogen) atoms. The zero-order valence-corrected chi connectivity index (χ0v) is 10.7. The van der Waals surface area contributed by atoms with E-state index in [-0.39, 0.29) is 5.92 Å². The number of hydrogen-bond acceptors (Lipinski definition) is 4. The minimum Gasteiger partial charge on any atom is -0.393 e. The second-order valence-electron chi connectivity index (χ2n) is 4.10. The normalized spacial score (nSPS) is 12.6. The first-order valence-corrected chi connectivity index (χ1v) is 5.79. The number of anilines is 1.